The molecule has 0 spiro atoms. The number of thiophene rings is 1. The Kier molecular flexibility index (Phi) is 7.99. The third-order valence-corrected chi connectivity index (χ3v) is 6.05. The summed E-state index contributed by atoms with van der Waals surface area (Å²) in [5.41, 5.74) is 3.91. The van der Waals surface area contributed by atoms with Gasteiger partial charge in [0.25, 0.3) is 0 Å². The summed E-state index contributed by atoms with van der Waals surface area (Å²) in [4.78, 5) is 16.4. The molecule has 0 saturated carbocycles. The topological polar surface area (TPSA) is 70.8 Å². The number of esters is 1. The molecule has 0 N–H and O–H groups in total. The zero-order valence-corrected chi connectivity index (χ0v) is 20.0. The molecule has 0 aliphatic rings. The fourth-order valence-electron chi connectivity index (χ4n) is 3.63. The van der Waals surface area contributed by atoms with Crippen molar-refractivity contribution >= 4 is 17.3 Å². The van der Waals surface area contributed by atoms with E-state index in [0.29, 0.717) is 42.6 Å². The number of carbonyl (C=O) groups excluding carboxylic acids is 1. The van der Waals surface area contributed by atoms with Crippen LogP contribution in [0.15, 0.2) is 76.2 Å². The summed E-state index contributed by atoms with van der Waals surface area (Å²) in [6.07, 6.45) is 3.47. The van der Waals surface area contributed by atoms with E-state index in [9.17, 15) is 4.79 Å². The Labute approximate surface area is 203 Å². The van der Waals surface area contributed by atoms with E-state index in [1.54, 1.807) is 24.5 Å². The van der Waals surface area contributed by atoms with E-state index in [0.717, 1.165) is 16.7 Å². The van der Waals surface area contributed by atoms with Crippen molar-refractivity contribution in [3.05, 3.63) is 88.4 Å². The van der Waals surface area contributed by atoms with Crippen LogP contribution in [-0.2, 0) is 16.1 Å². The predicted molar refractivity (Wildman–Crippen MR) is 131 cm³/mol. The van der Waals surface area contributed by atoms with Crippen LogP contribution in [0.25, 0.3) is 11.5 Å². The van der Waals surface area contributed by atoms with Crippen molar-refractivity contribution in [2.75, 3.05) is 6.61 Å². The Hall–Kier alpha value is -3.58. The molecule has 4 rings (SSSR count). The van der Waals surface area contributed by atoms with Gasteiger partial charge in [-0.3, -0.25) is 4.79 Å². The third kappa shape index (κ3) is 6.05. The summed E-state index contributed by atoms with van der Waals surface area (Å²) in [6, 6.07) is 15.6. The van der Waals surface area contributed by atoms with Crippen LogP contribution in [-0.4, -0.2) is 17.6 Å². The third-order valence-electron chi connectivity index (χ3n) is 5.32. The van der Waals surface area contributed by atoms with Gasteiger partial charge in [-0.05, 0) is 65.9 Å². The first-order valence-electron chi connectivity index (χ1n) is 11.2. The van der Waals surface area contributed by atoms with Gasteiger partial charge in [0, 0.05) is 12.5 Å². The van der Waals surface area contributed by atoms with Crippen molar-refractivity contribution in [2.24, 2.45) is 0 Å². The highest BCUT2D eigenvalue weighted by atomic mass is 32.1. The average molecular weight is 478 g/mol. The molecule has 2 aromatic carbocycles. The fraction of sp³-hybridized carbons (Fsp3) is 0.259. The van der Waals surface area contributed by atoms with Gasteiger partial charge in [-0.15, -0.1) is 0 Å². The number of rotatable bonds is 11. The normalized spacial score (nSPS) is 11.7. The SMILES string of the molecule is CCOC(=O)CCC(Oc1cc(OCc2ccsc2)ccc1-c1ncco1)c1ccccc1C. The second kappa shape index (κ2) is 11.5. The second-order valence-electron chi connectivity index (χ2n) is 7.72. The number of oxazole rings is 1. The summed E-state index contributed by atoms with van der Waals surface area (Å²) >= 11 is 1.63. The summed E-state index contributed by atoms with van der Waals surface area (Å²) in [5.74, 6) is 1.45. The highest BCUT2D eigenvalue weighted by Gasteiger charge is 2.21. The summed E-state index contributed by atoms with van der Waals surface area (Å²) in [6.45, 7) is 4.65. The lowest BCUT2D eigenvalue weighted by Gasteiger charge is -2.23. The summed E-state index contributed by atoms with van der Waals surface area (Å²) < 4.78 is 23.3. The van der Waals surface area contributed by atoms with Crippen molar-refractivity contribution < 1.29 is 23.4 Å². The molecule has 2 heterocycles. The van der Waals surface area contributed by atoms with E-state index in [4.69, 9.17) is 18.6 Å². The standard InChI is InChI=1S/C27H27NO5S/c1-3-30-26(29)11-10-24(22-7-5-4-6-19(22)2)33-25-16-21(32-17-20-12-15-34-18-20)8-9-23(25)27-28-13-14-31-27/h4-9,12-16,18,24H,3,10-11,17H2,1-2H3. The van der Waals surface area contributed by atoms with E-state index < -0.39 is 0 Å². The molecule has 176 valence electrons. The minimum absolute atomic E-state index is 0.245. The number of ether oxygens (including phenoxy) is 3. The van der Waals surface area contributed by atoms with Crippen LogP contribution in [0.5, 0.6) is 11.5 Å². The monoisotopic (exact) mass is 477 g/mol. The molecule has 0 bridgehead atoms. The molecule has 0 amide bonds. The van der Waals surface area contributed by atoms with E-state index in [2.05, 4.69) is 10.4 Å². The Morgan fingerprint density at radius 1 is 1.18 bits per heavy atom. The quantitative estimate of drug-likeness (QED) is 0.222. The van der Waals surface area contributed by atoms with Crippen LogP contribution >= 0.6 is 11.3 Å². The summed E-state index contributed by atoms with van der Waals surface area (Å²) in [5, 5.41) is 4.08. The maximum atomic E-state index is 12.1. The molecular formula is C27H27NO5S. The number of hydrogen-bond donors (Lipinski definition) is 0. The number of carbonyl (C=O) groups is 1. The van der Waals surface area contributed by atoms with Crippen molar-refractivity contribution in [3.63, 3.8) is 0 Å². The zero-order valence-electron chi connectivity index (χ0n) is 19.2. The Bertz CT molecular complexity index is 1190. The molecule has 1 unspecified atom stereocenters. The molecule has 6 nitrogen and oxygen atoms in total. The number of benzene rings is 2. The highest BCUT2D eigenvalue weighted by molar-refractivity contribution is 7.07. The van der Waals surface area contributed by atoms with Crippen LogP contribution in [0, 0.1) is 6.92 Å². The molecule has 34 heavy (non-hydrogen) atoms. The molecule has 4 aromatic rings. The second-order valence-corrected chi connectivity index (χ2v) is 8.50. The largest absolute Gasteiger partial charge is 0.489 e. The van der Waals surface area contributed by atoms with Crippen molar-refractivity contribution in [1.82, 2.24) is 4.98 Å². The molecule has 0 aliphatic carbocycles. The molecule has 7 heteroatoms. The van der Waals surface area contributed by atoms with Gasteiger partial charge < -0.3 is 18.6 Å². The Morgan fingerprint density at radius 2 is 2.06 bits per heavy atom. The minimum Gasteiger partial charge on any atom is -0.489 e. The summed E-state index contributed by atoms with van der Waals surface area (Å²) in [7, 11) is 0. The smallest absolute Gasteiger partial charge is 0.305 e. The van der Waals surface area contributed by atoms with Crippen LogP contribution in [0.3, 0.4) is 0 Å². The highest BCUT2D eigenvalue weighted by Crippen LogP contribution is 2.37. The van der Waals surface area contributed by atoms with Gasteiger partial charge in [-0.2, -0.15) is 11.3 Å². The van der Waals surface area contributed by atoms with Gasteiger partial charge in [0.2, 0.25) is 5.89 Å². The molecular weight excluding hydrogens is 450 g/mol. The number of hydrogen-bond acceptors (Lipinski definition) is 7. The van der Waals surface area contributed by atoms with Crippen molar-refractivity contribution in [3.8, 4) is 23.0 Å². The van der Waals surface area contributed by atoms with Crippen LogP contribution in [0.2, 0.25) is 0 Å². The molecule has 2 aromatic heterocycles. The van der Waals surface area contributed by atoms with E-state index in [1.165, 1.54) is 6.26 Å². The van der Waals surface area contributed by atoms with Gasteiger partial charge in [0.05, 0.1) is 18.4 Å². The lowest BCUT2D eigenvalue weighted by atomic mass is 9.99. The van der Waals surface area contributed by atoms with Crippen molar-refractivity contribution in [1.29, 1.82) is 0 Å². The molecule has 0 fully saturated rings. The molecule has 1 atom stereocenters. The van der Waals surface area contributed by atoms with Gasteiger partial charge in [-0.25, -0.2) is 4.98 Å². The van der Waals surface area contributed by atoms with E-state index >= 15 is 0 Å². The Morgan fingerprint density at radius 3 is 2.79 bits per heavy atom. The number of aromatic nitrogens is 1. The minimum atomic E-state index is -0.369. The van der Waals surface area contributed by atoms with E-state index in [-0.39, 0.29) is 18.5 Å². The molecule has 0 saturated heterocycles. The first kappa shape index (κ1) is 23.6. The van der Waals surface area contributed by atoms with Gasteiger partial charge in [0.15, 0.2) is 0 Å². The number of nitrogens with zero attached hydrogens (tertiary/aromatic N) is 1. The average Bonchev–Trinajstić information content (AvgIpc) is 3.56. The van der Waals surface area contributed by atoms with Gasteiger partial charge in [-0.1, -0.05) is 24.3 Å². The van der Waals surface area contributed by atoms with Crippen LogP contribution in [0.1, 0.15) is 42.6 Å². The predicted octanol–water partition coefficient (Wildman–Crippen LogP) is 6.75. The lowest BCUT2D eigenvalue weighted by molar-refractivity contribution is -0.143. The first-order valence-corrected chi connectivity index (χ1v) is 12.1. The van der Waals surface area contributed by atoms with Crippen LogP contribution in [0.4, 0.5) is 0 Å². The van der Waals surface area contributed by atoms with Gasteiger partial charge in [0.1, 0.15) is 30.5 Å². The Balaban J connectivity index is 1.64. The van der Waals surface area contributed by atoms with E-state index in [1.807, 2.05) is 60.8 Å². The molecule has 0 aliphatic heterocycles. The van der Waals surface area contributed by atoms with Crippen LogP contribution < -0.4 is 9.47 Å². The molecule has 0 radical (unpaired) electrons. The zero-order chi connectivity index (χ0) is 23.8. The lowest BCUT2D eigenvalue weighted by Crippen LogP contribution is -2.13. The maximum absolute atomic E-state index is 12.1. The van der Waals surface area contributed by atoms with Gasteiger partial charge >= 0.3 is 5.97 Å². The number of aryl methyl sites for hydroxylation is 1. The fourth-order valence-corrected chi connectivity index (χ4v) is 4.28. The van der Waals surface area contributed by atoms with Crippen molar-refractivity contribution in [2.45, 2.75) is 39.4 Å². The first-order chi connectivity index (χ1) is 16.6. The maximum Gasteiger partial charge on any atom is 0.305 e.